The van der Waals surface area contributed by atoms with Crippen molar-refractivity contribution in [3.63, 3.8) is 0 Å². The Morgan fingerprint density at radius 1 is 1.20 bits per heavy atom. The van der Waals surface area contributed by atoms with Crippen LogP contribution < -0.4 is 0 Å². The van der Waals surface area contributed by atoms with E-state index in [0.717, 1.165) is 12.8 Å². The first-order valence-corrected chi connectivity index (χ1v) is 5.39. The molecule has 0 heterocycles. The summed E-state index contributed by atoms with van der Waals surface area (Å²) in [6.45, 7) is 6.09. The Hall–Kier alpha value is -1.56. The second-order valence-corrected chi connectivity index (χ2v) is 4.01. The van der Waals surface area contributed by atoms with Gasteiger partial charge in [0.1, 0.15) is 0 Å². The van der Waals surface area contributed by atoms with Gasteiger partial charge in [-0.1, -0.05) is 54.6 Å². The van der Waals surface area contributed by atoms with Gasteiger partial charge in [0.2, 0.25) is 0 Å². The molecule has 0 atom stereocenters. The van der Waals surface area contributed by atoms with Crippen molar-refractivity contribution >= 4 is 5.57 Å². The van der Waals surface area contributed by atoms with Crippen molar-refractivity contribution in [2.45, 2.75) is 19.8 Å². The van der Waals surface area contributed by atoms with Crippen LogP contribution in [0.1, 0.15) is 25.3 Å². The molecule has 0 saturated heterocycles. The summed E-state index contributed by atoms with van der Waals surface area (Å²) < 4.78 is 0. The largest absolute Gasteiger partial charge is 0.0958 e. The first-order chi connectivity index (χ1) is 7.27. The molecule has 0 amide bonds. The lowest BCUT2D eigenvalue weighted by atomic mass is 9.92. The van der Waals surface area contributed by atoms with Crippen LogP contribution in [-0.2, 0) is 0 Å². The molecule has 0 spiro atoms. The number of hydrogen-bond donors (Lipinski definition) is 0. The van der Waals surface area contributed by atoms with Crippen molar-refractivity contribution in [1.29, 1.82) is 0 Å². The topological polar surface area (TPSA) is 0 Å². The second-order valence-electron chi connectivity index (χ2n) is 4.01. The summed E-state index contributed by atoms with van der Waals surface area (Å²) in [5.74, 6) is 0. The Balaban J connectivity index is 2.32. The van der Waals surface area contributed by atoms with E-state index in [4.69, 9.17) is 0 Å². The van der Waals surface area contributed by atoms with Crippen molar-refractivity contribution in [3.8, 4) is 0 Å². The van der Waals surface area contributed by atoms with Crippen LogP contribution in [0.2, 0.25) is 0 Å². The van der Waals surface area contributed by atoms with Crippen molar-refractivity contribution in [2.24, 2.45) is 0 Å². The van der Waals surface area contributed by atoms with Gasteiger partial charge in [0.25, 0.3) is 0 Å². The molecule has 1 aromatic carbocycles. The molecule has 0 fully saturated rings. The van der Waals surface area contributed by atoms with Gasteiger partial charge in [0.15, 0.2) is 0 Å². The summed E-state index contributed by atoms with van der Waals surface area (Å²) >= 11 is 0. The molecule has 0 unspecified atom stereocenters. The molecular formula is C15H16. The van der Waals surface area contributed by atoms with Crippen molar-refractivity contribution in [1.82, 2.24) is 0 Å². The van der Waals surface area contributed by atoms with Crippen LogP contribution >= 0.6 is 0 Å². The molecule has 2 rings (SSSR count). The fourth-order valence-electron chi connectivity index (χ4n) is 1.87. The molecule has 0 radical (unpaired) electrons. The minimum Gasteiger partial charge on any atom is -0.0958 e. The van der Waals surface area contributed by atoms with Crippen LogP contribution in [0.5, 0.6) is 0 Å². The normalized spacial score (nSPS) is 15.5. The Morgan fingerprint density at radius 2 is 1.93 bits per heavy atom. The lowest BCUT2D eigenvalue weighted by Crippen LogP contribution is -1.93. The molecule has 0 heteroatoms. The number of allylic oxidation sites excluding steroid dienone is 5. The molecule has 0 bridgehead atoms. The highest BCUT2D eigenvalue weighted by Gasteiger charge is 2.06. The monoisotopic (exact) mass is 196 g/mol. The minimum atomic E-state index is 1.13. The Morgan fingerprint density at radius 3 is 2.60 bits per heavy atom. The van der Waals surface area contributed by atoms with Crippen LogP contribution in [0.3, 0.4) is 0 Å². The van der Waals surface area contributed by atoms with Crippen LogP contribution in [-0.4, -0.2) is 0 Å². The molecule has 1 aliphatic carbocycles. The van der Waals surface area contributed by atoms with Gasteiger partial charge in [0.05, 0.1) is 0 Å². The number of benzene rings is 1. The van der Waals surface area contributed by atoms with E-state index in [-0.39, 0.29) is 0 Å². The van der Waals surface area contributed by atoms with Gasteiger partial charge in [-0.25, -0.2) is 0 Å². The third kappa shape index (κ3) is 2.27. The maximum atomic E-state index is 4.01. The van der Waals surface area contributed by atoms with Gasteiger partial charge < -0.3 is 0 Å². The first-order valence-electron chi connectivity index (χ1n) is 5.39. The smallest absolute Gasteiger partial charge is 0.0187 e. The van der Waals surface area contributed by atoms with Crippen molar-refractivity contribution in [2.75, 3.05) is 0 Å². The minimum absolute atomic E-state index is 1.13. The highest BCUT2D eigenvalue weighted by atomic mass is 14.1. The van der Waals surface area contributed by atoms with Crippen LogP contribution in [0.15, 0.2) is 60.2 Å². The second kappa shape index (κ2) is 4.31. The van der Waals surface area contributed by atoms with Gasteiger partial charge in [-0.2, -0.15) is 0 Å². The van der Waals surface area contributed by atoms with Gasteiger partial charge >= 0.3 is 0 Å². The predicted molar refractivity (Wildman–Crippen MR) is 66.6 cm³/mol. The van der Waals surface area contributed by atoms with Crippen molar-refractivity contribution < 1.29 is 0 Å². The number of hydrogen-bond acceptors (Lipinski definition) is 0. The lowest BCUT2D eigenvalue weighted by molar-refractivity contribution is 0.974. The van der Waals surface area contributed by atoms with Gasteiger partial charge in [-0.3, -0.25) is 0 Å². The van der Waals surface area contributed by atoms with E-state index in [9.17, 15) is 0 Å². The van der Waals surface area contributed by atoms with E-state index >= 15 is 0 Å². The lowest BCUT2D eigenvalue weighted by Gasteiger charge is -2.14. The molecule has 1 aliphatic rings. The third-order valence-electron chi connectivity index (χ3n) is 2.76. The van der Waals surface area contributed by atoms with E-state index < -0.39 is 0 Å². The van der Waals surface area contributed by atoms with Gasteiger partial charge in [-0.15, -0.1) is 0 Å². The molecule has 0 aromatic heterocycles. The Bertz CT molecular complexity index is 419. The van der Waals surface area contributed by atoms with Gasteiger partial charge in [0, 0.05) is 0 Å². The van der Waals surface area contributed by atoms with E-state index in [0.29, 0.717) is 0 Å². The molecule has 0 aliphatic heterocycles. The quantitative estimate of drug-likeness (QED) is 0.659. The molecule has 15 heavy (non-hydrogen) atoms. The van der Waals surface area contributed by atoms with E-state index in [2.05, 4.69) is 56.0 Å². The van der Waals surface area contributed by atoms with E-state index in [1.54, 1.807) is 0 Å². The molecule has 1 aromatic rings. The fraction of sp³-hybridized carbons (Fsp3) is 0.200. The molecule has 0 saturated carbocycles. The summed E-state index contributed by atoms with van der Waals surface area (Å²) in [5.41, 5.74) is 5.21. The highest BCUT2D eigenvalue weighted by Crippen LogP contribution is 2.27. The zero-order valence-corrected chi connectivity index (χ0v) is 9.16. The number of rotatable bonds is 2. The maximum Gasteiger partial charge on any atom is -0.0187 e. The summed E-state index contributed by atoms with van der Waals surface area (Å²) in [6, 6.07) is 10.5. The summed E-state index contributed by atoms with van der Waals surface area (Å²) in [6.07, 6.45) is 6.83. The van der Waals surface area contributed by atoms with E-state index in [1.165, 1.54) is 22.3 Å². The first kappa shape index (κ1) is 9.97. The molecular weight excluding hydrogens is 180 g/mol. The zero-order valence-electron chi connectivity index (χ0n) is 9.16. The highest BCUT2D eigenvalue weighted by molar-refractivity contribution is 5.76. The molecule has 0 N–H and O–H groups in total. The summed E-state index contributed by atoms with van der Waals surface area (Å²) in [5, 5.41) is 0. The molecule has 76 valence electrons. The fourth-order valence-corrected chi connectivity index (χ4v) is 1.87. The standard InChI is InChI=1S/C15H16/c1-12(2)14-9-6-10-15(11-14)13-7-4-3-5-8-13/h3-5,7-8,10-11H,1,6,9H2,2H3. The van der Waals surface area contributed by atoms with E-state index in [1.807, 2.05) is 0 Å². The van der Waals surface area contributed by atoms with Crippen LogP contribution in [0.25, 0.3) is 5.57 Å². The van der Waals surface area contributed by atoms with Crippen LogP contribution in [0.4, 0.5) is 0 Å². The summed E-state index contributed by atoms with van der Waals surface area (Å²) in [4.78, 5) is 0. The van der Waals surface area contributed by atoms with Crippen molar-refractivity contribution in [3.05, 3.63) is 65.8 Å². The molecule has 0 nitrogen and oxygen atoms in total. The summed E-state index contributed by atoms with van der Waals surface area (Å²) in [7, 11) is 0. The third-order valence-corrected chi connectivity index (χ3v) is 2.76. The van der Waals surface area contributed by atoms with Crippen LogP contribution in [0, 0.1) is 0 Å². The SMILES string of the molecule is C=C(C)C1=CC(c2ccccc2)=CCC1. The zero-order chi connectivity index (χ0) is 10.7. The predicted octanol–water partition coefficient (Wildman–Crippen LogP) is 4.37. The Kier molecular flexibility index (Phi) is 2.86. The Labute approximate surface area is 91.6 Å². The van der Waals surface area contributed by atoms with Gasteiger partial charge in [-0.05, 0) is 36.5 Å². The average Bonchev–Trinajstić information content (AvgIpc) is 2.30. The average molecular weight is 196 g/mol. The maximum absolute atomic E-state index is 4.01.